The second-order valence-corrected chi connectivity index (χ2v) is 4.73. The summed E-state index contributed by atoms with van der Waals surface area (Å²) in [4.78, 5) is 47.7. The lowest BCUT2D eigenvalue weighted by atomic mass is 9.99. The normalized spacial score (nSPS) is 26.4. The van der Waals surface area contributed by atoms with Crippen LogP contribution in [0.4, 0.5) is 4.79 Å². The number of hydrogen-bond acceptors (Lipinski definition) is 6. The molecule has 0 bridgehead atoms. The highest BCUT2D eigenvalue weighted by molar-refractivity contribution is 6.08. The van der Waals surface area contributed by atoms with Crippen molar-refractivity contribution < 1.29 is 23.9 Å². The number of nitrogens with one attached hydrogen (secondary N) is 2. The molecule has 2 atom stereocenters. The molecule has 2 aliphatic rings. The number of ether oxygens (including phenoxy) is 1. The summed E-state index contributed by atoms with van der Waals surface area (Å²) in [7, 11) is 0. The fourth-order valence-electron chi connectivity index (χ4n) is 2.34. The molecule has 0 aliphatic carbocycles. The van der Waals surface area contributed by atoms with Crippen molar-refractivity contribution in [3.05, 3.63) is 0 Å². The summed E-state index contributed by atoms with van der Waals surface area (Å²) in [6, 6.07) is -2.00. The summed E-state index contributed by atoms with van der Waals surface area (Å²) in [5.41, 5.74) is 4.41. The molecule has 2 aliphatic heterocycles. The Hall–Kier alpha value is -2.16. The van der Waals surface area contributed by atoms with E-state index in [1.54, 1.807) is 6.92 Å². The fraction of sp³-hybridized carbons (Fsp3) is 0.636. The first-order valence-electron chi connectivity index (χ1n) is 6.24. The van der Waals surface area contributed by atoms with Gasteiger partial charge in [0, 0.05) is 6.54 Å². The highest BCUT2D eigenvalue weighted by Gasteiger charge is 2.52. The van der Waals surface area contributed by atoms with Gasteiger partial charge in [0.25, 0.3) is 11.8 Å². The van der Waals surface area contributed by atoms with E-state index in [1.807, 2.05) is 0 Å². The number of imide groups is 1. The van der Waals surface area contributed by atoms with Gasteiger partial charge in [-0.05, 0) is 13.3 Å². The quantitative estimate of drug-likeness (QED) is 0.303. The van der Waals surface area contributed by atoms with E-state index in [-0.39, 0.29) is 26.1 Å². The van der Waals surface area contributed by atoms with Gasteiger partial charge >= 0.3 is 12.0 Å². The van der Waals surface area contributed by atoms with Gasteiger partial charge in [0.1, 0.15) is 5.54 Å². The molecule has 2 saturated heterocycles. The van der Waals surface area contributed by atoms with Crippen molar-refractivity contribution in [3.63, 3.8) is 0 Å². The predicted molar refractivity (Wildman–Crippen MR) is 65.2 cm³/mol. The Morgan fingerprint density at radius 2 is 2.20 bits per heavy atom. The summed E-state index contributed by atoms with van der Waals surface area (Å²) in [5, 5.41) is 4.64. The van der Waals surface area contributed by atoms with Crippen LogP contribution in [0.15, 0.2) is 0 Å². The van der Waals surface area contributed by atoms with Gasteiger partial charge in [-0.2, -0.15) is 0 Å². The molecule has 9 heteroatoms. The molecule has 2 heterocycles. The van der Waals surface area contributed by atoms with Crippen LogP contribution >= 0.6 is 0 Å². The smallest absolute Gasteiger partial charge is 0.332 e. The van der Waals surface area contributed by atoms with Crippen LogP contribution < -0.4 is 16.4 Å². The highest BCUT2D eigenvalue weighted by atomic mass is 16.5. The lowest BCUT2D eigenvalue weighted by molar-refractivity contribution is -0.150. The van der Waals surface area contributed by atoms with Gasteiger partial charge in [-0.1, -0.05) is 0 Å². The largest absolute Gasteiger partial charge is 0.464 e. The third kappa shape index (κ3) is 2.31. The Morgan fingerprint density at radius 1 is 1.50 bits per heavy atom. The highest BCUT2D eigenvalue weighted by Crippen LogP contribution is 2.24. The van der Waals surface area contributed by atoms with Crippen molar-refractivity contribution in [1.82, 2.24) is 15.5 Å². The van der Waals surface area contributed by atoms with E-state index >= 15 is 0 Å². The molecule has 2 unspecified atom stereocenters. The number of urea groups is 1. The van der Waals surface area contributed by atoms with Crippen LogP contribution in [0.2, 0.25) is 0 Å². The van der Waals surface area contributed by atoms with E-state index < -0.39 is 35.4 Å². The maximum absolute atomic E-state index is 12.0. The van der Waals surface area contributed by atoms with Gasteiger partial charge in [0.2, 0.25) is 0 Å². The van der Waals surface area contributed by atoms with Crippen molar-refractivity contribution >= 4 is 23.8 Å². The molecule has 0 aromatic carbocycles. The Balaban J connectivity index is 2.02. The van der Waals surface area contributed by atoms with Gasteiger partial charge in [0.05, 0.1) is 13.2 Å². The molecule has 0 radical (unpaired) electrons. The van der Waals surface area contributed by atoms with Crippen LogP contribution in [0.5, 0.6) is 0 Å². The molecule has 0 saturated carbocycles. The summed E-state index contributed by atoms with van der Waals surface area (Å²) in [5.74, 6) is -1.89. The van der Waals surface area contributed by atoms with Crippen LogP contribution in [0.25, 0.3) is 0 Å². The molecule has 4 amide bonds. The SMILES string of the molecule is CCOC(=O)C(N)C(=O)N1CCC2(C1)NC(=O)NC2=O. The number of esters is 1. The molecular weight excluding hydrogens is 268 g/mol. The van der Waals surface area contributed by atoms with Crippen LogP contribution in [-0.4, -0.2) is 60.0 Å². The summed E-state index contributed by atoms with van der Waals surface area (Å²) in [6.45, 7) is 1.97. The van der Waals surface area contributed by atoms with E-state index in [2.05, 4.69) is 15.4 Å². The van der Waals surface area contributed by atoms with Crippen LogP contribution in [-0.2, 0) is 19.1 Å². The van der Waals surface area contributed by atoms with Crippen molar-refractivity contribution in [2.45, 2.75) is 24.9 Å². The van der Waals surface area contributed by atoms with Crippen molar-refractivity contribution in [3.8, 4) is 0 Å². The minimum atomic E-state index is -1.41. The average Bonchev–Trinajstić information content (AvgIpc) is 2.93. The number of carbonyl (C=O) groups is 4. The third-order valence-electron chi connectivity index (χ3n) is 3.40. The second kappa shape index (κ2) is 5.08. The first-order chi connectivity index (χ1) is 9.39. The number of carbonyl (C=O) groups excluding carboxylic acids is 4. The number of amides is 4. The topological polar surface area (TPSA) is 131 Å². The minimum Gasteiger partial charge on any atom is -0.464 e. The Morgan fingerprint density at radius 3 is 2.75 bits per heavy atom. The molecular formula is C11H16N4O5. The molecule has 2 fully saturated rings. The van der Waals surface area contributed by atoms with E-state index in [9.17, 15) is 19.2 Å². The van der Waals surface area contributed by atoms with Gasteiger partial charge in [-0.25, -0.2) is 9.59 Å². The Labute approximate surface area is 114 Å². The first-order valence-corrected chi connectivity index (χ1v) is 6.24. The van der Waals surface area contributed by atoms with Crippen molar-refractivity contribution in [1.29, 1.82) is 0 Å². The van der Waals surface area contributed by atoms with Crippen LogP contribution in [0.1, 0.15) is 13.3 Å². The van der Waals surface area contributed by atoms with Gasteiger partial charge in [0.15, 0.2) is 6.04 Å². The lowest BCUT2D eigenvalue weighted by Crippen LogP contribution is -2.53. The van der Waals surface area contributed by atoms with Crippen molar-refractivity contribution in [2.75, 3.05) is 19.7 Å². The molecule has 0 aromatic heterocycles. The number of hydrogen-bond donors (Lipinski definition) is 3. The maximum Gasteiger partial charge on any atom is 0.332 e. The number of nitrogens with two attached hydrogens (primary N) is 1. The Bertz CT molecular complexity index is 479. The first kappa shape index (κ1) is 14.3. The van der Waals surface area contributed by atoms with E-state index in [4.69, 9.17) is 5.73 Å². The molecule has 2 rings (SSSR count). The zero-order valence-corrected chi connectivity index (χ0v) is 11.0. The van der Waals surface area contributed by atoms with Gasteiger partial charge in [-0.3, -0.25) is 14.9 Å². The average molecular weight is 284 g/mol. The summed E-state index contributed by atoms with van der Waals surface area (Å²) >= 11 is 0. The summed E-state index contributed by atoms with van der Waals surface area (Å²) in [6.07, 6.45) is 0.284. The van der Waals surface area contributed by atoms with E-state index in [0.717, 1.165) is 0 Å². The molecule has 110 valence electrons. The van der Waals surface area contributed by atoms with Crippen LogP contribution in [0, 0.1) is 0 Å². The third-order valence-corrected chi connectivity index (χ3v) is 3.40. The number of nitrogens with zero attached hydrogens (tertiary/aromatic N) is 1. The standard InChI is InChI=1S/C11H16N4O5/c1-2-20-8(17)6(12)7(16)15-4-3-11(5-15)9(18)13-10(19)14-11/h6H,2-5,12H2,1H3,(H2,13,14,18,19). The minimum absolute atomic E-state index is 0.00346. The molecule has 0 aromatic rings. The predicted octanol–water partition coefficient (Wildman–Crippen LogP) is -2.31. The maximum atomic E-state index is 12.0. The van der Waals surface area contributed by atoms with Gasteiger partial charge < -0.3 is 20.7 Å². The fourth-order valence-corrected chi connectivity index (χ4v) is 2.34. The molecule has 9 nitrogen and oxygen atoms in total. The lowest BCUT2D eigenvalue weighted by Gasteiger charge is -2.22. The monoisotopic (exact) mass is 284 g/mol. The second-order valence-electron chi connectivity index (χ2n) is 4.73. The molecule has 1 spiro atoms. The van der Waals surface area contributed by atoms with E-state index in [1.165, 1.54) is 4.90 Å². The number of likely N-dealkylation sites (tertiary alicyclic amines) is 1. The molecule has 20 heavy (non-hydrogen) atoms. The summed E-state index contributed by atoms with van der Waals surface area (Å²) < 4.78 is 4.68. The number of rotatable bonds is 3. The molecule has 4 N–H and O–H groups in total. The zero-order chi connectivity index (χ0) is 14.9. The van der Waals surface area contributed by atoms with E-state index in [0.29, 0.717) is 0 Å². The zero-order valence-electron chi connectivity index (χ0n) is 11.0. The van der Waals surface area contributed by atoms with Gasteiger partial charge in [-0.15, -0.1) is 0 Å². The Kier molecular flexibility index (Phi) is 3.62. The van der Waals surface area contributed by atoms with Crippen LogP contribution in [0.3, 0.4) is 0 Å². The van der Waals surface area contributed by atoms with Crippen molar-refractivity contribution in [2.24, 2.45) is 5.73 Å².